The molecule has 1 aliphatic rings. The van der Waals surface area contributed by atoms with Crippen molar-refractivity contribution in [3.05, 3.63) is 53.6 Å². The van der Waals surface area contributed by atoms with Crippen molar-refractivity contribution in [2.24, 2.45) is 10.2 Å². The summed E-state index contributed by atoms with van der Waals surface area (Å²) in [5, 5.41) is 10.6. The first-order valence-corrected chi connectivity index (χ1v) is 10.9. The lowest BCUT2D eigenvalue weighted by molar-refractivity contribution is -0.114. The van der Waals surface area contributed by atoms with Crippen LogP contribution in [-0.4, -0.2) is 33.3 Å². The number of benzene rings is 2. The number of primary sulfonamides is 1. The van der Waals surface area contributed by atoms with E-state index in [4.69, 9.17) is 21.0 Å². The molecule has 160 valence electrons. The normalized spacial score (nSPS) is 15.0. The SMILES string of the molecule is C#CCOc1ccc(/C=C2\C(=O)N(c3ccc(S(N)(=O)=O)cc3)N=C2C)cc1OCC. The standard InChI is InChI=1S/C22H21N3O5S/c1-4-12-30-20-11-6-16(14-21(20)29-5-2)13-19-15(3)24-25(22(19)26)17-7-9-18(10-8-17)31(23,27)28/h1,6-11,13-14H,5,12H2,2-3H3,(H2,23,27,28)/b19-13-. The zero-order valence-electron chi connectivity index (χ0n) is 17.0. The van der Waals surface area contributed by atoms with Crippen LogP contribution in [-0.2, 0) is 14.8 Å². The van der Waals surface area contributed by atoms with Gasteiger partial charge in [0.05, 0.1) is 28.5 Å². The van der Waals surface area contributed by atoms with Crippen LogP contribution in [0.4, 0.5) is 5.69 Å². The zero-order valence-corrected chi connectivity index (χ0v) is 17.8. The molecule has 0 spiro atoms. The number of nitrogens with two attached hydrogens (primary N) is 1. The molecule has 0 atom stereocenters. The largest absolute Gasteiger partial charge is 0.490 e. The number of nitrogens with zero attached hydrogens (tertiary/aromatic N) is 2. The van der Waals surface area contributed by atoms with Gasteiger partial charge in [-0.15, -0.1) is 6.42 Å². The van der Waals surface area contributed by atoms with Crippen LogP contribution in [0, 0.1) is 12.3 Å². The van der Waals surface area contributed by atoms with Crippen molar-refractivity contribution in [3.8, 4) is 23.8 Å². The Labute approximate surface area is 181 Å². The molecule has 2 N–H and O–H groups in total. The minimum absolute atomic E-state index is 0.0463. The molecular weight excluding hydrogens is 418 g/mol. The summed E-state index contributed by atoms with van der Waals surface area (Å²) >= 11 is 0. The molecule has 0 bridgehead atoms. The Kier molecular flexibility index (Phi) is 6.44. The first-order chi connectivity index (χ1) is 14.7. The molecule has 0 saturated heterocycles. The Bertz CT molecular complexity index is 1210. The first kappa shape index (κ1) is 22.1. The fraction of sp³-hybridized carbons (Fsp3) is 0.182. The Morgan fingerprint density at radius 1 is 1.16 bits per heavy atom. The van der Waals surface area contributed by atoms with E-state index in [1.165, 1.54) is 29.3 Å². The summed E-state index contributed by atoms with van der Waals surface area (Å²) in [5.74, 6) is 3.10. The summed E-state index contributed by atoms with van der Waals surface area (Å²) in [4.78, 5) is 12.9. The average molecular weight is 439 g/mol. The molecule has 0 unspecified atom stereocenters. The average Bonchev–Trinajstić information content (AvgIpc) is 3.01. The lowest BCUT2D eigenvalue weighted by atomic mass is 10.1. The molecule has 8 nitrogen and oxygen atoms in total. The minimum Gasteiger partial charge on any atom is -0.490 e. The number of ether oxygens (including phenoxy) is 2. The van der Waals surface area contributed by atoms with Gasteiger partial charge in [-0.3, -0.25) is 4.79 Å². The number of sulfonamides is 1. The second kappa shape index (κ2) is 9.04. The Morgan fingerprint density at radius 2 is 1.87 bits per heavy atom. The van der Waals surface area contributed by atoms with Crippen LogP contribution in [0.3, 0.4) is 0 Å². The van der Waals surface area contributed by atoms with Crippen molar-refractivity contribution in [2.45, 2.75) is 18.7 Å². The number of hydrogen-bond donors (Lipinski definition) is 1. The number of terminal acetylenes is 1. The summed E-state index contributed by atoms with van der Waals surface area (Å²) in [6.07, 6.45) is 6.95. The van der Waals surface area contributed by atoms with E-state index in [1.54, 1.807) is 31.2 Å². The number of carbonyl (C=O) groups excluding carboxylic acids is 1. The molecule has 0 saturated carbocycles. The van der Waals surface area contributed by atoms with Crippen molar-refractivity contribution in [2.75, 3.05) is 18.2 Å². The Hall–Kier alpha value is -3.61. The van der Waals surface area contributed by atoms with E-state index in [1.807, 2.05) is 6.92 Å². The fourth-order valence-electron chi connectivity index (χ4n) is 2.92. The van der Waals surface area contributed by atoms with Crippen molar-refractivity contribution in [3.63, 3.8) is 0 Å². The third kappa shape index (κ3) is 4.94. The third-order valence-corrected chi connectivity index (χ3v) is 5.29. The summed E-state index contributed by atoms with van der Waals surface area (Å²) in [6, 6.07) is 10.9. The second-order valence-electron chi connectivity index (χ2n) is 6.53. The summed E-state index contributed by atoms with van der Waals surface area (Å²) in [5.41, 5.74) is 2.07. The van der Waals surface area contributed by atoms with Crippen molar-refractivity contribution < 1.29 is 22.7 Å². The molecule has 31 heavy (non-hydrogen) atoms. The van der Waals surface area contributed by atoms with Crippen molar-refractivity contribution >= 4 is 33.4 Å². The highest BCUT2D eigenvalue weighted by Crippen LogP contribution is 2.31. The maximum absolute atomic E-state index is 12.9. The summed E-state index contributed by atoms with van der Waals surface area (Å²) in [6.45, 7) is 4.13. The van der Waals surface area contributed by atoms with E-state index < -0.39 is 10.0 Å². The first-order valence-electron chi connectivity index (χ1n) is 9.32. The summed E-state index contributed by atoms with van der Waals surface area (Å²) in [7, 11) is -3.82. The van der Waals surface area contributed by atoms with Crippen LogP contribution in [0.1, 0.15) is 19.4 Å². The van der Waals surface area contributed by atoms with E-state index in [-0.39, 0.29) is 17.4 Å². The smallest absolute Gasteiger partial charge is 0.280 e. The lowest BCUT2D eigenvalue weighted by Crippen LogP contribution is -2.21. The van der Waals surface area contributed by atoms with E-state index in [0.717, 1.165) is 5.56 Å². The third-order valence-electron chi connectivity index (χ3n) is 4.36. The van der Waals surface area contributed by atoms with Crippen LogP contribution in [0.25, 0.3) is 6.08 Å². The quantitative estimate of drug-likeness (QED) is 0.526. The molecule has 1 amide bonds. The van der Waals surface area contributed by atoms with Gasteiger partial charge < -0.3 is 9.47 Å². The summed E-state index contributed by atoms with van der Waals surface area (Å²) < 4.78 is 33.9. The van der Waals surface area contributed by atoms with Gasteiger partial charge in [-0.1, -0.05) is 12.0 Å². The molecule has 0 fully saturated rings. The van der Waals surface area contributed by atoms with Crippen molar-refractivity contribution in [1.82, 2.24) is 0 Å². The second-order valence-corrected chi connectivity index (χ2v) is 8.09. The van der Waals surface area contributed by atoms with Gasteiger partial charge in [0, 0.05) is 0 Å². The molecule has 0 aromatic heterocycles. The van der Waals surface area contributed by atoms with Crippen LogP contribution >= 0.6 is 0 Å². The molecule has 9 heteroatoms. The zero-order chi connectivity index (χ0) is 22.6. The number of anilines is 1. The highest BCUT2D eigenvalue weighted by molar-refractivity contribution is 7.89. The van der Waals surface area contributed by atoms with Gasteiger partial charge in [-0.2, -0.15) is 10.1 Å². The highest BCUT2D eigenvalue weighted by Gasteiger charge is 2.29. The maximum Gasteiger partial charge on any atom is 0.280 e. The van der Waals surface area contributed by atoms with Gasteiger partial charge in [0.15, 0.2) is 11.5 Å². The maximum atomic E-state index is 12.9. The predicted octanol–water partition coefficient (Wildman–Crippen LogP) is 2.55. The van der Waals surface area contributed by atoms with E-state index in [9.17, 15) is 13.2 Å². The van der Waals surface area contributed by atoms with Crippen LogP contribution in [0.2, 0.25) is 0 Å². The lowest BCUT2D eigenvalue weighted by Gasteiger charge is -2.12. The van der Waals surface area contributed by atoms with Crippen LogP contribution in [0.15, 0.2) is 58.0 Å². The molecule has 3 rings (SSSR count). The molecular formula is C22H21N3O5S. The Morgan fingerprint density at radius 3 is 2.48 bits per heavy atom. The predicted molar refractivity (Wildman–Crippen MR) is 118 cm³/mol. The number of hydrogen-bond acceptors (Lipinski definition) is 6. The van der Waals surface area contributed by atoms with Gasteiger partial charge in [-0.05, 0) is 61.9 Å². The van der Waals surface area contributed by atoms with Crippen LogP contribution in [0.5, 0.6) is 11.5 Å². The fourth-order valence-corrected chi connectivity index (χ4v) is 3.44. The minimum atomic E-state index is -3.82. The molecule has 0 aliphatic carbocycles. The van der Waals surface area contributed by atoms with Crippen LogP contribution < -0.4 is 19.6 Å². The number of amides is 1. The molecule has 1 heterocycles. The van der Waals surface area contributed by atoms with Gasteiger partial charge in [0.25, 0.3) is 5.91 Å². The highest BCUT2D eigenvalue weighted by atomic mass is 32.2. The van der Waals surface area contributed by atoms with Gasteiger partial charge in [-0.25, -0.2) is 13.6 Å². The number of hydrazone groups is 1. The Balaban J connectivity index is 1.89. The number of rotatable bonds is 7. The van der Waals surface area contributed by atoms with E-state index in [2.05, 4.69) is 11.0 Å². The molecule has 0 radical (unpaired) electrons. The topological polar surface area (TPSA) is 111 Å². The monoisotopic (exact) mass is 439 g/mol. The van der Waals surface area contributed by atoms with E-state index >= 15 is 0 Å². The molecule has 2 aromatic rings. The van der Waals surface area contributed by atoms with Crippen molar-refractivity contribution in [1.29, 1.82) is 0 Å². The van der Waals surface area contributed by atoms with Gasteiger partial charge >= 0.3 is 0 Å². The number of carbonyl (C=O) groups is 1. The molecule has 1 aliphatic heterocycles. The van der Waals surface area contributed by atoms with Gasteiger partial charge in [0.1, 0.15) is 6.61 Å². The van der Waals surface area contributed by atoms with E-state index in [0.29, 0.717) is 35.1 Å². The molecule has 2 aromatic carbocycles. The van der Waals surface area contributed by atoms with Gasteiger partial charge in [0.2, 0.25) is 10.0 Å².